The first-order valence-corrected chi connectivity index (χ1v) is 7.87. The number of terminal acetylenes is 1. The first-order chi connectivity index (χ1) is 13.1. The molecular weight excluding hydrogens is 384 g/mol. The summed E-state index contributed by atoms with van der Waals surface area (Å²) in [5.41, 5.74) is -3.19. The second-order valence-corrected chi connectivity index (χ2v) is 5.78. The average Bonchev–Trinajstić information content (AvgIpc) is 2.64. The molecule has 2 nitrogen and oxygen atoms in total. The summed E-state index contributed by atoms with van der Waals surface area (Å²) in [6.45, 7) is 0. The van der Waals surface area contributed by atoms with Crippen LogP contribution in [0.2, 0.25) is 0 Å². The van der Waals surface area contributed by atoms with E-state index in [0.29, 0.717) is 17.7 Å². The Morgan fingerprint density at radius 1 is 0.893 bits per heavy atom. The van der Waals surface area contributed by atoms with Gasteiger partial charge in [0.2, 0.25) is 0 Å². The van der Waals surface area contributed by atoms with Crippen LogP contribution in [0.1, 0.15) is 22.9 Å². The molecule has 0 spiro atoms. The molecule has 8 heteroatoms. The lowest BCUT2D eigenvalue weighted by Gasteiger charge is -2.19. The number of fused-ring (bicyclic) bond motifs is 1. The van der Waals surface area contributed by atoms with Gasteiger partial charge in [-0.1, -0.05) is 42.3 Å². The molecule has 144 valence electrons. The summed E-state index contributed by atoms with van der Waals surface area (Å²) in [7, 11) is 0. The van der Waals surface area contributed by atoms with Crippen LogP contribution in [0.25, 0.3) is 10.9 Å². The third kappa shape index (κ3) is 3.88. The van der Waals surface area contributed by atoms with Crippen molar-refractivity contribution in [3.05, 3.63) is 71.4 Å². The minimum absolute atomic E-state index is 0.223. The Morgan fingerprint density at radius 3 is 2.14 bits per heavy atom. The van der Waals surface area contributed by atoms with Crippen molar-refractivity contribution >= 4 is 10.9 Å². The molecule has 28 heavy (non-hydrogen) atoms. The quantitative estimate of drug-likeness (QED) is 0.399. The fraction of sp³-hybridized carbons (Fsp3) is 0.150. The molecule has 0 radical (unpaired) electrons. The van der Waals surface area contributed by atoms with Gasteiger partial charge >= 0.3 is 12.4 Å². The summed E-state index contributed by atoms with van der Waals surface area (Å²) in [6, 6.07) is 11.7. The Kier molecular flexibility index (Phi) is 4.94. The molecule has 3 rings (SSSR count). The maximum atomic E-state index is 13.3. The van der Waals surface area contributed by atoms with Crippen molar-refractivity contribution in [3.63, 3.8) is 0 Å². The van der Waals surface area contributed by atoms with E-state index in [2.05, 4.69) is 10.9 Å². The van der Waals surface area contributed by atoms with Crippen molar-refractivity contribution in [1.82, 2.24) is 4.98 Å². The van der Waals surface area contributed by atoms with E-state index >= 15 is 0 Å². The van der Waals surface area contributed by atoms with Gasteiger partial charge in [0.05, 0.1) is 11.1 Å². The van der Waals surface area contributed by atoms with E-state index in [1.807, 2.05) is 0 Å². The average molecular weight is 395 g/mol. The van der Waals surface area contributed by atoms with Crippen LogP contribution >= 0.6 is 0 Å². The smallest absolute Gasteiger partial charge is 0.433 e. The van der Waals surface area contributed by atoms with Gasteiger partial charge in [-0.05, 0) is 12.1 Å². The molecule has 1 heterocycles. The Balaban J connectivity index is 2.22. The van der Waals surface area contributed by atoms with Gasteiger partial charge in [0.1, 0.15) is 11.4 Å². The van der Waals surface area contributed by atoms with Crippen LogP contribution in [0.4, 0.5) is 26.3 Å². The SMILES string of the molecule is C#CC(Oc1cc(C(F)(F)F)nc2c(C(F)(F)F)cccc12)c1ccccc1. The highest BCUT2D eigenvalue weighted by molar-refractivity contribution is 5.88. The Labute approximate surface area is 155 Å². The summed E-state index contributed by atoms with van der Waals surface area (Å²) >= 11 is 0. The lowest BCUT2D eigenvalue weighted by atomic mass is 10.1. The summed E-state index contributed by atoms with van der Waals surface area (Å²) in [4.78, 5) is 3.20. The zero-order valence-corrected chi connectivity index (χ0v) is 14.0. The summed E-state index contributed by atoms with van der Waals surface area (Å²) in [5, 5.41) is -0.223. The first kappa shape index (κ1) is 19.5. The van der Waals surface area contributed by atoms with Gasteiger partial charge in [-0.25, -0.2) is 4.98 Å². The number of alkyl halides is 6. The third-order valence-corrected chi connectivity index (χ3v) is 3.90. The standard InChI is InChI=1S/C20H11F6NO/c1-2-15(12-7-4-3-5-8-12)28-16-11-17(20(24,25)26)27-18-13(16)9-6-10-14(18)19(21,22)23/h1,3-11,15H. The molecule has 0 saturated heterocycles. The molecule has 0 N–H and O–H groups in total. The Bertz CT molecular complexity index is 1030. The maximum absolute atomic E-state index is 13.3. The fourth-order valence-corrected chi connectivity index (χ4v) is 2.64. The molecule has 3 aromatic rings. The number of nitrogens with zero attached hydrogens (tertiary/aromatic N) is 1. The Hall–Kier alpha value is -3.21. The molecular formula is C20H11F6NO. The molecule has 0 bridgehead atoms. The van der Waals surface area contributed by atoms with E-state index in [-0.39, 0.29) is 5.39 Å². The van der Waals surface area contributed by atoms with Crippen LogP contribution in [-0.2, 0) is 12.4 Å². The van der Waals surface area contributed by atoms with E-state index in [1.54, 1.807) is 30.3 Å². The topological polar surface area (TPSA) is 22.1 Å². The summed E-state index contributed by atoms with van der Waals surface area (Å²) in [6.07, 6.45) is -5.53. The highest BCUT2D eigenvalue weighted by Crippen LogP contribution is 2.40. The van der Waals surface area contributed by atoms with Crippen molar-refractivity contribution in [2.24, 2.45) is 0 Å². The van der Waals surface area contributed by atoms with Crippen LogP contribution < -0.4 is 4.74 Å². The normalized spacial score (nSPS) is 13.2. The summed E-state index contributed by atoms with van der Waals surface area (Å²) < 4.78 is 85.0. The first-order valence-electron chi connectivity index (χ1n) is 7.87. The number of benzene rings is 2. The second kappa shape index (κ2) is 7.08. The number of hydrogen-bond acceptors (Lipinski definition) is 2. The zero-order valence-electron chi connectivity index (χ0n) is 14.0. The van der Waals surface area contributed by atoms with E-state index in [0.717, 1.165) is 6.07 Å². The predicted molar refractivity (Wildman–Crippen MR) is 90.4 cm³/mol. The monoisotopic (exact) mass is 395 g/mol. The van der Waals surface area contributed by atoms with Gasteiger partial charge in [-0.3, -0.25) is 0 Å². The van der Waals surface area contributed by atoms with E-state index in [9.17, 15) is 26.3 Å². The van der Waals surface area contributed by atoms with Gasteiger partial charge in [0.25, 0.3) is 0 Å². The Morgan fingerprint density at radius 2 is 1.57 bits per heavy atom. The minimum Gasteiger partial charge on any atom is -0.472 e. The third-order valence-electron chi connectivity index (χ3n) is 3.90. The van der Waals surface area contributed by atoms with Gasteiger partial charge in [-0.2, -0.15) is 26.3 Å². The van der Waals surface area contributed by atoms with Gasteiger partial charge in [0, 0.05) is 17.0 Å². The van der Waals surface area contributed by atoms with Gasteiger partial charge in [0.15, 0.2) is 6.10 Å². The lowest BCUT2D eigenvalue weighted by Crippen LogP contribution is -2.13. The number of aromatic nitrogens is 1. The van der Waals surface area contributed by atoms with Gasteiger partial charge < -0.3 is 4.74 Å². The van der Waals surface area contributed by atoms with Crippen molar-refractivity contribution in [3.8, 4) is 18.1 Å². The predicted octanol–water partition coefficient (Wildman–Crippen LogP) is 6.03. The fourth-order valence-electron chi connectivity index (χ4n) is 2.64. The molecule has 1 aromatic heterocycles. The second-order valence-electron chi connectivity index (χ2n) is 5.78. The van der Waals surface area contributed by atoms with E-state index in [1.165, 1.54) is 6.07 Å². The molecule has 2 aromatic carbocycles. The highest BCUT2D eigenvalue weighted by atomic mass is 19.4. The molecule has 0 saturated carbocycles. The van der Waals surface area contributed by atoms with E-state index in [4.69, 9.17) is 11.2 Å². The van der Waals surface area contributed by atoms with Crippen LogP contribution in [0, 0.1) is 12.3 Å². The summed E-state index contributed by atoms with van der Waals surface area (Å²) in [5.74, 6) is 1.85. The molecule has 1 atom stereocenters. The molecule has 1 unspecified atom stereocenters. The largest absolute Gasteiger partial charge is 0.472 e. The van der Waals surface area contributed by atoms with Crippen molar-refractivity contribution in [2.45, 2.75) is 18.5 Å². The number of halogens is 6. The number of hydrogen-bond donors (Lipinski definition) is 0. The number of para-hydroxylation sites is 1. The van der Waals surface area contributed by atoms with Gasteiger partial charge in [-0.15, -0.1) is 6.42 Å². The van der Waals surface area contributed by atoms with Crippen molar-refractivity contribution < 1.29 is 31.1 Å². The molecule has 0 fully saturated rings. The van der Waals surface area contributed by atoms with Crippen LogP contribution in [-0.4, -0.2) is 4.98 Å². The highest BCUT2D eigenvalue weighted by Gasteiger charge is 2.37. The van der Waals surface area contributed by atoms with Crippen molar-refractivity contribution in [2.75, 3.05) is 0 Å². The molecule has 0 aliphatic carbocycles. The zero-order chi connectivity index (χ0) is 20.5. The number of pyridine rings is 1. The molecule has 0 aliphatic heterocycles. The van der Waals surface area contributed by atoms with Crippen molar-refractivity contribution in [1.29, 1.82) is 0 Å². The minimum atomic E-state index is -4.97. The number of rotatable bonds is 3. The van der Waals surface area contributed by atoms with Crippen LogP contribution in [0.3, 0.4) is 0 Å². The lowest BCUT2D eigenvalue weighted by molar-refractivity contribution is -0.142. The van der Waals surface area contributed by atoms with E-state index < -0.39 is 41.0 Å². The number of ether oxygens (including phenoxy) is 1. The van der Waals surface area contributed by atoms with Crippen LogP contribution in [0.15, 0.2) is 54.6 Å². The molecule has 0 amide bonds. The van der Waals surface area contributed by atoms with Crippen LogP contribution in [0.5, 0.6) is 5.75 Å². The maximum Gasteiger partial charge on any atom is 0.433 e. The molecule has 0 aliphatic rings.